The van der Waals surface area contributed by atoms with Crippen LogP contribution in [0.4, 0.5) is 4.39 Å². The van der Waals surface area contributed by atoms with Gasteiger partial charge in [0.15, 0.2) is 0 Å². The molecule has 0 radical (unpaired) electrons. The van der Waals surface area contributed by atoms with Crippen LogP contribution >= 0.6 is 0 Å². The zero-order valence-corrected chi connectivity index (χ0v) is 9.93. The molecule has 3 N–H and O–H groups in total. The molecular formula is C12H16FN3O2. The molecule has 1 aliphatic heterocycles. The molecule has 1 aromatic heterocycles. The third kappa shape index (κ3) is 3.24. The van der Waals surface area contributed by atoms with E-state index >= 15 is 0 Å². The predicted octanol–water partition coefficient (Wildman–Crippen LogP) is 0.343. The van der Waals surface area contributed by atoms with E-state index in [1.807, 2.05) is 0 Å². The van der Waals surface area contributed by atoms with Crippen LogP contribution in [0.25, 0.3) is 0 Å². The number of nitrogens with zero attached hydrogens (tertiary/aromatic N) is 1. The number of nitrogens with two attached hydrogens (primary N) is 1. The highest BCUT2D eigenvalue weighted by atomic mass is 19.1. The number of hydrogen-bond acceptors (Lipinski definition) is 4. The van der Waals surface area contributed by atoms with Gasteiger partial charge in [0.25, 0.3) is 0 Å². The maximum Gasteiger partial charge on any atom is 0.249 e. The Kier molecular flexibility index (Phi) is 4.22. The second-order valence-electron chi connectivity index (χ2n) is 4.25. The summed E-state index contributed by atoms with van der Waals surface area (Å²) in [6.07, 6.45) is 2.16. The molecule has 2 rings (SSSR count). The van der Waals surface area contributed by atoms with E-state index in [4.69, 9.17) is 10.5 Å². The normalized spacial score (nSPS) is 23.0. The number of carbonyl (C=O) groups excluding carboxylic acids is 1. The lowest BCUT2D eigenvalue weighted by Crippen LogP contribution is -2.35. The molecule has 5 nitrogen and oxygen atoms in total. The van der Waals surface area contributed by atoms with E-state index in [2.05, 4.69) is 10.3 Å². The van der Waals surface area contributed by atoms with Crippen LogP contribution in [0.5, 0.6) is 0 Å². The number of aromatic nitrogens is 1. The van der Waals surface area contributed by atoms with Gasteiger partial charge in [0, 0.05) is 6.54 Å². The minimum atomic E-state index is -0.431. The van der Waals surface area contributed by atoms with Crippen LogP contribution in [0.3, 0.4) is 0 Å². The summed E-state index contributed by atoms with van der Waals surface area (Å²) in [6.45, 7) is 0.704. The second-order valence-corrected chi connectivity index (χ2v) is 4.25. The van der Waals surface area contributed by atoms with E-state index in [1.165, 1.54) is 12.1 Å². The molecule has 18 heavy (non-hydrogen) atoms. The summed E-state index contributed by atoms with van der Waals surface area (Å²) in [5.74, 6) is -0.563. The van der Waals surface area contributed by atoms with Crippen molar-refractivity contribution < 1.29 is 13.9 Å². The van der Waals surface area contributed by atoms with Gasteiger partial charge in [-0.15, -0.1) is 0 Å². The van der Waals surface area contributed by atoms with Gasteiger partial charge >= 0.3 is 0 Å². The molecule has 0 spiro atoms. The second kappa shape index (κ2) is 5.88. The number of ether oxygens (including phenoxy) is 1. The lowest BCUT2D eigenvalue weighted by Gasteiger charge is -2.12. The molecule has 1 fully saturated rings. The Morgan fingerprint density at radius 1 is 1.56 bits per heavy atom. The Hall–Kier alpha value is -1.53. The van der Waals surface area contributed by atoms with E-state index < -0.39 is 11.9 Å². The molecule has 2 atom stereocenters. The molecule has 1 amide bonds. The molecule has 0 bridgehead atoms. The number of pyridine rings is 1. The van der Waals surface area contributed by atoms with Crippen LogP contribution in [0.15, 0.2) is 18.3 Å². The van der Waals surface area contributed by atoms with E-state index in [1.54, 1.807) is 0 Å². The third-order valence-corrected chi connectivity index (χ3v) is 2.90. The highest BCUT2D eigenvalue weighted by Crippen LogP contribution is 2.18. The highest BCUT2D eigenvalue weighted by Gasteiger charge is 2.29. The first kappa shape index (κ1) is 12.9. The Balaban J connectivity index is 1.80. The van der Waals surface area contributed by atoms with Gasteiger partial charge in [-0.2, -0.15) is 0 Å². The Labute approximate surface area is 105 Å². The van der Waals surface area contributed by atoms with Gasteiger partial charge in [-0.05, 0) is 25.0 Å². The standard InChI is InChI=1S/C12H16FN3O2/c13-8-1-2-9(15-6-8)7-16-12(17)11-4-3-10(5-14)18-11/h1-2,6,10-11H,3-5,7,14H2,(H,16,17)/t10-,11+/m1/s1. The lowest BCUT2D eigenvalue weighted by atomic mass is 10.2. The number of hydrogen-bond donors (Lipinski definition) is 2. The van der Waals surface area contributed by atoms with Crippen LogP contribution in [-0.4, -0.2) is 29.6 Å². The Morgan fingerprint density at radius 3 is 3.00 bits per heavy atom. The average molecular weight is 253 g/mol. The topological polar surface area (TPSA) is 77.2 Å². The van der Waals surface area contributed by atoms with Crippen molar-refractivity contribution in [3.05, 3.63) is 29.8 Å². The third-order valence-electron chi connectivity index (χ3n) is 2.90. The smallest absolute Gasteiger partial charge is 0.249 e. The molecule has 6 heteroatoms. The van der Waals surface area contributed by atoms with Crippen molar-refractivity contribution in [2.75, 3.05) is 6.54 Å². The summed E-state index contributed by atoms with van der Waals surface area (Å²) in [7, 11) is 0. The minimum Gasteiger partial charge on any atom is -0.364 e. The molecule has 0 aliphatic carbocycles. The number of amides is 1. The maximum absolute atomic E-state index is 12.6. The molecule has 1 aliphatic rings. The van der Waals surface area contributed by atoms with Gasteiger partial charge in [0.2, 0.25) is 5.91 Å². The molecule has 1 aromatic rings. The van der Waals surface area contributed by atoms with Crippen molar-refractivity contribution in [2.45, 2.75) is 31.6 Å². The predicted molar refractivity (Wildman–Crippen MR) is 63.0 cm³/mol. The summed E-state index contributed by atoms with van der Waals surface area (Å²) in [6, 6.07) is 2.85. The number of halogens is 1. The van der Waals surface area contributed by atoms with E-state index in [0.717, 1.165) is 12.6 Å². The van der Waals surface area contributed by atoms with Gasteiger partial charge < -0.3 is 15.8 Å². The fourth-order valence-electron chi connectivity index (χ4n) is 1.87. The van der Waals surface area contributed by atoms with Crippen molar-refractivity contribution in [1.82, 2.24) is 10.3 Å². The SMILES string of the molecule is NC[C@H]1CC[C@@H](C(=O)NCc2ccc(F)cn2)O1. The van der Waals surface area contributed by atoms with Gasteiger partial charge in [0.1, 0.15) is 11.9 Å². The fourth-order valence-corrected chi connectivity index (χ4v) is 1.87. The summed E-state index contributed by atoms with van der Waals surface area (Å²) < 4.78 is 18.1. The van der Waals surface area contributed by atoms with Crippen LogP contribution < -0.4 is 11.1 Å². The van der Waals surface area contributed by atoms with Crippen LogP contribution in [0.2, 0.25) is 0 Å². The first-order valence-electron chi connectivity index (χ1n) is 5.92. The molecule has 98 valence electrons. The maximum atomic E-state index is 12.6. The van der Waals surface area contributed by atoms with Gasteiger partial charge in [0.05, 0.1) is 24.5 Å². The van der Waals surface area contributed by atoms with Crippen molar-refractivity contribution in [3.8, 4) is 0 Å². The Bertz CT molecular complexity index is 410. The largest absolute Gasteiger partial charge is 0.364 e. The number of carbonyl (C=O) groups is 1. The van der Waals surface area contributed by atoms with Crippen molar-refractivity contribution in [2.24, 2.45) is 5.73 Å². The quantitative estimate of drug-likeness (QED) is 0.811. The highest BCUT2D eigenvalue weighted by molar-refractivity contribution is 5.80. The summed E-state index contributed by atoms with van der Waals surface area (Å²) in [5.41, 5.74) is 6.08. The molecule has 1 saturated heterocycles. The van der Waals surface area contributed by atoms with E-state index in [0.29, 0.717) is 18.7 Å². The minimum absolute atomic E-state index is 0.0234. The van der Waals surface area contributed by atoms with E-state index in [9.17, 15) is 9.18 Å². The molecule has 2 heterocycles. The molecule has 0 aromatic carbocycles. The van der Waals surface area contributed by atoms with Crippen LogP contribution in [0.1, 0.15) is 18.5 Å². The van der Waals surface area contributed by atoms with E-state index in [-0.39, 0.29) is 18.6 Å². The van der Waals surface area contributed by atoms with Crippen molar-refractivity contribution >= 4 is 5.91 Å². The Morgan fingerprint density at radius 2 is 2.39 bits per heavy atom. The first-order valence-corrected chi connectivity index (χ1v) is 5.92. The van der Waals surface area contributed by atoms with Gasteiger partial charge in [-0.3, -0.25) is 9.78 Å². The molecule has 0 saturated carbocycles. The summed E-state index contributed by atoms with van der Waals surface area (Å²) in [5, 5.41) is 2.72. The van der Waals surface area contributed by atoms with Gasteiger partial charge in [-0.25, -0.2) is 4.39 Å². The van der Waals surface area contributed by atoms with Crippen molar-refractivity contribution in [1.29, 1.82) is 0 Å². The van der Waals surface area contributed by atoms with Crippen LogP contribution in [-0.2, 0) is 16.1 Å². The van der Waals surface area contributed by atoms with Gasteiger partial charge in [-0.1, -0.05) is 0 Å². The summed E-state index contributed by atoms with van der Waals surface area (Å²) >= 11 is 0. The monoisotopic (exact) mass is 253 g/mol. The van der Waals surface area contributed by atoms with Crippen LogP contribution in [0, 0.1) is 5.82 Å². The summed E-state index contributed by atoms with van der Waals surface area (Å²) in [4.78, 5) is 15.6. The molecular weight excluding hydrogens is 237 g/mol. The first-order chi connectivity index (χ1) is 8.69. The number of nitrogens with one attached hydrogen (secondary N) is 1. The zero-order chi connectivity index (χ0) is 13.0. The lowest BCUT2D eigenvalue weighted by molar-refractivity contribution is -0.132. The fraction of sp³-hybridized carbons (Fsp3) is 0.500. The zero-order valence-electron chi connectivity index (χ0n) is 9.93. The number of rotatable bonds is 4. The molecule has 0 unspecified atom stereocenters. The average Bonchev–Trinajstić information content (AvgIpc) is 2.86. The van der Waals surface area contributed by atoms with Crippen molar-refractivity contribution in [3.63, 3.8) is 0 Å².